The lowest BCUT2D eigenvalue weighted by Crippen LogP contribution is -2.26. The van der Waals surface area contributed by atoms with Crippen LogP contribution in [0.4, 0.5) is 0 Å². The molecule has 1 aliphatic rings. The van der Waals surface area contributed by atoms with Crippen molar-refractivity contribution in [3.05, 3.63) is 75.9 Å². The summed E-state index contributed by atoms with van der Waals surface area (Å²) in [6, 6.07) is 16.7. The minimum atomic E-state index is -0.151. The summed E-state index contributed by atoms with van der Waals surface area (Å²) in [5.74, 6) is 1.38. The molecule has 31 heavy (non-hydrogen) atoms. The number of aromatic nitrogens is 2. The molecule has 0 atom stereocenters. The van der Waals surface area contributed by atoms with Gasteiger partial charge >= 0.3 is 0 Å². The number of amides is 1. The number of para-hydroxylation sites is 1. The van der Waals surface area contributed by atoms with Gasteiger partial charge in [0.2, 0.25) is 12.7 Å². The lowest BCUT2D eigenvalue weighted by atomic mass is 10.2. The van der Waals surface area contributed by atoms with Gasteiger partial charge in [-0.2, -0.15) is 0 Å². The van der Waals surface area contributed by atoms with Crippen molar-refractivity contribution in [2.75, 3.05) is 12.5 Å². The fourth-order valence-corrected chi connectivity index (χ4v) is 4.83. The first-order valence-corrected chi connectivity index (χ1v) is 11.4. The maximum Gasteiger partial charge on any atom is 0.276 e. The van der Waals surface area contributed by atoms with Gasteiger partial charge in [0.15, 0.2) is 16.7 Å². The molecule has 7 nitrogen and oxygen atoms in total. The van der Waals surface area contributed by atoms with E-state index in [0.717, 1.165) is 11.3 Å². The van der Waals surface area contributed by atoms with E-state index in [-0.39, 0.29) is 24.0 Å². The Morgan fingerprint density at radius 3 is 2.84 bits per heavy atom. The quantitative estimate of drug-likeness (QED) is 0.356. The molecule has 1 N–H and O–H groups in total. The van der Waals surface area contributed by atoms with Crippen molar-refractivity contribution in [3.8, 4) is 17.2 Å². The Morgan fingerprint density at radius 1 is 1.13 bits per heavy atom. The van der Waals surface area contributed by atoms with E-state index in [9.17, 15) is 9.59 Å². The summed E-state index contributed by atoms with van der Waals surface area (Å²) in [7, 11) is 0. The molecule has 0 fully saturated rings. The number of thioether (sulfide) groups is 1. The zero-order chi connectivity index (χ0) is 21.2. The zero-order valence-corrected chi connectivity index (χ0v) is 17.9. The van der Waals surface area contributed by atoms with Crippen LogP contribution in [0.3, 0.4) is 0 Å². The van der Waals surface area contributed by atoms with E-state index in [1.165, 1.54) is 23.1 Å². The predicted octanol–water partition coefficient (Wildman–Crippen LogP) is 3.58. The smallest absolute Gasteiger partial charge is 0.276 e. The second-order valence-corrected chi connectivity index (χ2v) is 8.62. The van der Waals surface area contributed by atoms with Crippen LogP contribution in [0.1, 0.15) is 5.56 Å². The van der Waals surface area contributed by atoms with Gasteiger partial charge < -0.3 is 14.8 Å². The van der Waals surface area contributed by atoms with Crippen molar-refractivity contribution in [3.63, 3.8) is 0 Å². The number of ether oxygens (including phenoxy) is 2. The van der Waals surface area contributed by atoms with Gasteiger partial charge in [-0.3, -0.25) is 14.2 Å². The summed E-state index contributed by atoms with van der Waals surface area (Å²) < 4.78 is 12.8. The highest BCUT2D eigenvalue weighted by Crippen LogP contribution is 2.32. The molecule has 0 bridgehead atoms. The number of carbonyl (C=O) groups is 1. The van der Waals surface area contributed by atoms with Gasteiger partial charge in [-0.1, -0.05) is 36.0 Å². The largest absolute Gasteiger partial charge is 0.454 e. The number of rotatable bonds is 6. The molecule has 0 aliphatic carbocycles. The van der Waals surface area contributed by atoms with Crippen molar-refractivity contribution in [1.29, 1.82) is 0 Å². The number of hydrogen-bond donors (Lipinski definition) is 1. The third-order valence-electron chi connectivity index (χ3n) is 4.72. The topological polar surface area (TPSA) is 82.5 Å². The van der Waals surface area contributed by atoms with Crippen LogP contribution in [0.25, 0.3) is 15.9 Å². The summed E-state index contributed by atoms with van der Waals surface area (Å²) in [6.45, 7) is 0.588. The van der Waals surface area contributed by atoms with Crippen molar-refractivity contribution < 1.29 is 14.3 Å². The normalized spacial score (nSPS) is 12.3. The first-order valence-electron chi connectivity index (χ1n) is 9.53. The molecule has 4 aromatic rings. The van der Waals surface area contributed by atoms with Crippen molar-refractivity contribution in [2.45, 2.75) is 11.7 Å². The molecule has 0 spiro atoms. The monoisotopic (exact) mass is 451 g/mol. The molecule has 5 rings (SSSR count). The van der Waals surface area contributed by atoms with Crippen molar-refractivity contribution in [1.82, 2.24) is 14.9 Å². The minimum absolute atomic E-state index is 0.130. The summed E-state index contributed by atoms with van der Waals surface area (Å²) in [4.78, 5) is 30.2. The van der Waals surface area contributed by atoms with Crippen LogP contribution in [0.2, 0.25) is 0 Å². The van der Waals surface area contributed by atoms with E-state index in [0.29, 0.717) is 33.4 Å². The maximum atomic E-state index is 13.1. The van der Waals surface area contributed by atoms with Gasteiger partial charge in [0.1, 0.15) is 4.70 Å². The molecular weight excluding hydrogens is 434 g/mol. The van der Waals surface area contributed by atoms with Gasteiger partial charge in [-0.05, 0) is 41.3 Å². The maximum absolute atomic E-state index is 13.1. The number of thiophene rings is 1. The molecule has 0 radical (unpaired) electrons. The molecule has 0 unspecified atom stereocenters. The van der Waals surface area contributed by atoms with E-state index in [1.807, 2.05) is 60.0 Å². The predicted molar refractivity (Wildman–Crippen MR) is 120 cm³/mol. The molecule has 1 aliphatic heterocycles. The molecule has 156 valence electrons. The average Bonchev–Trinajstić information content (AvgIpc) is 3.46. The summed E-state index contributed by atoms with van der Waals surface area (Å²) >= 11 is 2.60. The second-order valence-electron chi connectivity index (χ2n) is 6.76. The average molecular weight is 452 g/mol. The first-order chi connectivity index (χ1) is 15.2. The van der Waals surface area contributed by atoms with Gasteiger partial charge in [0, 0.05) is 6.54 Å². The van der Waals surface area contributed by atoms with Crippen LogP contribution < -0.4 is 20.3 Å². The summed E-state index contributed by atoms with van der Waals surface area (Å²) in [6.07, 6.45) is 0. The molecule has 2 aromatic heterocycles. The van der Waals surface area contributed by atoms with E-state index in [4.69, 9.17) is 9.47 Å². The zero-order valence-electron chi connectivity index (χ0n) is 16.2. The summed E-state index contributed by atoms with van der Waals surface area (Å²) in [5.41, 5.74) is 2.15. The molecule has 9 heteroatoms. The molecular formula is C22H17N3O4S2. The number of carbonyl (C=O) groups excluding carboxylic acids is 1. The fraction of sp³-hybridized carbons (Fsp3) is 0.136. The number of hydrogen-bond acceptors (Lipinski definition) is 7. The Labute approximate surface area is 185 Å². The Bertz CT molecular complexity index is 1320. The molecule has 3 heterocycles. The molecule has 2 aromatic carbocycles. The lowest BCUT2D eigenvalue weighted by Gasteiger charge is -2.12. The summed E-state index contributed by atoms with van der Waals surface area (Å²) in [5, 5.41) is 5.23. The minimum Gasteiger partial charge on any atom is -0.454 e. The van der Waals surface area contributed by atoms with E-state index in [2.05, 4.69) is 10.3 Å². The Balaban J connectivity index is 1.32. The molecule has 1 amide bonds. The van der Waals surface area contributed by atoms with Crippen LogP contribution >= 0.6 is 23.1 Å². The van der Waals surface area contributed by atoms with E-state index >= 15 is 0 Å². The second kappa shape index (κ2) is 8.44. The van der Waals surface area contributed by atoms with Gasteiger partial charge in [0.05, 0.1) is 17.0 Å². The fourth-order valence-electron chi connectivity index (χ4n) is 3.23. The highest BCUT2D eigenvalue weighted by atomic mass is 32.2. The van der Waals surface area contributed by atoms with Crippen LogP contribution in [0, 0.1) is 0 Å². The van der Waals surface area contributed by atoms with Gasteiger partial charge in [-0.15, -0.1) is 11.3 Å². The Hall–Kier alpha value is -3.30. The van der Waals surface area contributed by atoms with Crippen LogP contribution in [0.15, 0.2) is 69.9 Å². The lowest BCUT2D eigenvalue weighted by molar-refractivity contribution is -0.118. The standard InChI is InChI=1S/C22H17N3O4S2/c26-19(23-11-14-6-7-17-18(10-14)29-13-28-17)12-31-22-24-16-8-9-30-20(16)21(27)25(22)15-4-2-1-3-5-15/h1-10H,11-13H2,(H,23,26). The highest BCUT2D eigenvalue weighted by molar-refractivity contribution is 7.99. The van der Waals surface area contributed by atoms with Gasteiger partial charge in [-0.25, -0.2) is 4.98 Å². The first kappa shape index (κ1) is 19.7. The van der Waals surface area contributed by atoms with Crippen LogP contribution in [0.5, 0.6) is 11.5 Å². The third-order valence-corrected chi connectivity index (χ3v) is 6.55. The van der Waals surface area contributed by atoms with E-state index in [1.54, 1.807) is 4.57 Å². The van der Waals surface area contributed by atoms with Crippen molar-refractivity contribution in [2.24, 2.45) is 0 Å². The molecule has 0 saturated heterocycles. The number of nitrogens with one attached hydrogen (secondary N) is 1. The Kier molecular flexibility index (Phi) is 5.35. The third kappa shape index (κ3) is 4.01. The Morgan fingerprint density at radius 2 is 1.97 bits per heavy atom. The number of benzene rings is 2. The SMILES string of the molecule is O=C(CSc1nc2ccsc2c(=O)n1-c1ccccc1)NCc1ccc2c(c1)OCO2. The van der Waals surface area contributed by atoms with Crippen LogP contribution in [-0.2, 0) is 11.3 Å². The number of fused-ring (bicyclic) bond motifs is 2. The number of nitrogens with zero attached hydrogens (tertiary/aromatic N) is 2. The highest BCUT2D eigenvalue weighted by Gasteiger charge is 2.16. The molecule has 0 saturated carbocycles. The van der Waals surface area contributed by atoms with Crippen LogP contribution in [-0.4, -0.2) is 28.0 Å². The van der Waals surface area contributed by atoms with Crippen molar-refractivity contribution >= 4 is 39.2 Å². The van der Waals surface area contributed by atoms with Gasteiger partial charge in [0.25, 0.3) is 5.56 Å². The van der Waals surface area contributed by atoms with E-state index < -0.39 is 0 Å².